The van der Waals surface area contributed by atoms with Crippen molar-refractivity contribution in [3.63, 3.8) is 0 Å². The third-order valence-corrected chi connectivity index (χ3v) is 4.01. The van der Waals surface area contributed by atoms with Gasteiger partial charge < -0.3 is 9.80 Å². The molecule has 0 saturated carbocycles. The van der Waals surface area contributed by atoms with Gasteiger partial charge in [-0.1, -0.05) is 12.1 Å². The van der Waals surface area contributed by atoms with Crippen molar-refractivity contribution < 1.29 is 8.42 Å². The largest absolute Gasteiger partial charge is 0.369 e. The topological polar surface area (TPSA) is 52.6 Å². The first-order valence-electron chi connectivity index (χ1n) is 6.41. The van der Waals surface area contributed by atoms with Crippen molar-refractivity contribution >= 4 is 15.7 Å². The van der Waals surface area contributed by atoms with E-state index >= 15 is 0 Å². The average molecular weight is 283 g/mol. The summed E-state index contributed by atoms with van der Waals surface area (Å²) < 4.78 is 24.5. The first kappa shape index (κ1) is 14.3. The Kier molecular flexibility index (Phi) is 4.44. The van der Waals surface area contributed by atoms with Crippen LogP contribution >= 0.6 is 0 Å². The maximum Gasteiger partial charge on any atom is 0.209 e. The molecule has 0 amide bonds. The molecule has 19 heavy (non-hydrogen) atoms. The minimum atomic E-state index is -3.12. The van der Waals surface area contributed by atoms with Crippen LogP contribution in [0, 0.1) is 0 Å². The van der Waals surface area contributed by atoms with Crippen molar-refractivity contribution in [2.45, 2.75) is 6.54 Å². The van der Waals surface area contributed by atoms with Gasteiger partial charge in [0.1, 0.15) is 0 Å². The first-order valence-corrected chi connectivity index (χ1v) is 8.30. The summed E-state index contributed by atoms with van der Waals surface area (Å²) in [5, 5.41) is 0. The number of likely N-dealkylation sites (N-methyl/N-ethyl adjacent to an activating group) is 1. The van der Waals surface area contributed by atoms with Gasteiger partial charge in [0.15, 0.2) is 0 Å². The highest BCUT2D eigenvalue weighted by atomic mass is 32.2. The van der Waals surface area contributed by atoms with Crippen LogP contribution in [0.2, 0.25) is 0 Å². The van der Waals surface area contributed by atoms with Crippen molar-refractivity contribution in [3.05, 3.63) is 29.8 Å². The van der Waals surface area contributed by atoms with E-state index in [0.29, 0.717) is 6.54 Å². The molecule has 1 N–H and O–H groups in total. The van der Waals surface area contributed by atoms with Gasteiger partial charge in [-0.05, 0) is 24.7 Å². The Morgan fingerprint density at radius 3 is 2.21 bits per heavy atom. The minimum Gasteiger partial charge on any atom is -0.369 e. The van der Waals surface area contributed by atoms with Gasteiger partial charge >= 0.3 is 0 Å². The summed E-state index contributed by atoms with van der Waals surface area (Å²) in [6.07, 6.45) is 1.17. The Labute approximate surface area is 115 Å². The van der Waals surface area contributed by atoms with Crippen LogP contribution in [-0.2, 0) is 16.6 Å². The Morgan fingerprint density at radius 2 is 1.68 bits per heavy atom. The van der Waals surface area contributed by atoms with Gasteiger partial charge in [-0.15, -0.1) is 0 Å². The van der Waals surface area contributed by atoms with Crippen LogP contribution in [-0.4, -0.2) is 52.8 Å². The number of hydrogen-bond donors (Lipinski definition) is 1. The van der Waals surface area contributed by atoms with Crippen molar-refractivity contribution in [2.75, 3.05) is 44.4 Å². The summed E-state index contributed by atoms with van der Waals surface area (Å²) in [4.78, 5) is 4.68. The summed E-state index contributed by atoms with van der Waals surface area (Å²) in [6.45, 7) is 4.59. The zero-order chi connectivity index (χ0) is 13.9. The summed E-state index contributed by atoms with van der Waals surface area (Å²) in [6, 6.07) is 8.08. The molecular formula is C13H21N3O2S. The van der Waals surface area contributed by atoms with E-state index in [4.69, 9.17) is 0 Å². The molecule has 0 bridgehead atoms. The van der Waals surface area contributed by atoms with Crippen molar-refractivity contribution in [3.8, 4) is 0 Å². The zero-order valence-corrected chi connectivity index (χ0v) is 12.3. The van der Waals surface area contributed by atoms with Crippen LogP contribution in [0.5, 0.6) is 0 Å². The quantitative estimate of drug-likeness (QED) is 0.874. The molecule has 0 aromatic heterocycles. The lowest BCUT2D eigenvalue weighted by Gasteiger charge is -2.34. The Morgan fingerprint density at radius 1 is 1.11 bits per heavy atom. The molecule has 2 rings (SSSR count). The Balaban J connectivity index is 1.94. The van der Waals surface area contributed by atoms with Crippen LogP contribution in [0.3, 0.4) is 0 Å². The van der Waals surface area contributed by atoms with Gasteiger partial charge in [-0.25, -0.2) is 13.1 Å². The minimum absolute atomic E-state index is 0.349. The number of nitrogens with zero attached hydrogens (tertiary/aromatic N) is 2. The molecule has 0 aliphatic carbocycles. The lowest BCUT2D eigenvalue weighted by atomic mass is 10.2. The normalized spacial score (nSPS) is 17.7. The summed E-state index contributed by atoms with van der Waals surface area (Å²) in [7, 11) is -0.989. The number of hydrogen-bond acceptors (Lipinski definition) is 4. The van der Waals surface area contributed by atoms with Gasteiger partial charge in [0.05, 0.1) is 6.26 Å². The fourth-order valence-corrected chi connectivity index (χ4v) is 2.53. The van der Waals surface area contributed by atoms with Crippen LogP contribution in [0.4, 0.5) is 5.69 Å². The smallest absolute Gasteiger partial charge is 0.209 e. The fourth-order valence-electron chi connectivity index (χ4n) is 2.10. The highest BCUT2D eigenvalue weighted by molar-refractivity contribution is 7.88. The molecule has 0 radical (unpaired) electrons. The average Bonchev–Trinajstić information content (AvgIpc) is 2.37. The second-order valence-corrected chi connectivity index (χ2v) is 6.88. The Hall–Kier alpha value is -1.11. The van der Waals surface area contributed by atoms with Gasteiger partial charge in [0.25, 0.3) is 0 Å². The predicted octanol–water partition coefficient (Wildman–Crippen LogP) is 0.488. The number of benzene rings is 1. The van der Waals surface area contributed by atoms with Gasteiger partial charge in [-0.3, -0.25) is 0 Å². The standard InChI is InChI=1S/C13H21N3O2S/c1-15-7-9-16(10-8-15)13-5-3-12(4-6-13)11-14-19(2,17)18/h3-6,14H,7-11H2,1-2H3. The maximum absolute atomic E-state index is 11.0. The molecule has 106 valence electrons. The molecule has 6 heteroatoms. The Bertz CT molecular complexity index is 505. The monoisotopic (exact) mass is 283 g/mol. The highest BCUT2D eigenvalue weighted by Gasteiger charge is 2.13. The van der Waals surface area contributed by atoms with Crippen molar-refractivity contribution in [2.24, 2.45) is 0 Å². The summed E-state index contributed by atoms with van der Waals surface area (Å²) >= 11 is 0. The molecule has 0 atom stereocenters. The van der Waals surface area contributed by atoms with Gasteiger partial charge in [-0.2, -0.15) is 0 Å². The van der Waals surface area contributed by atoms with Crippen molar-refractivity contribution in [1.82, 2.24) is 9.62 Å². The molecule has 0 unspecified atom stereocenters. The van der Waals surface area contributed by atoms with E-state index in [-0.39, 0.29) is 0 Å². The second kappa shape index (κ2) is 5.90. The fraction of sp³-hybridized carbons (Fsp3) is 0.538. The van der Waals surface area contributed by atoms with E-state index in [0.717, 1.165) is 31.7 Å². The van der Waals surface area contributed by atoms with Crippen LogP contribution in [0.15, 0.2) is 24.3 Å². The van der Waals surface area contributed by atoms with E-state index < -0.39 is 10.0 Å². The molecule has 1 saturated heterocycles. The summed E-state index contributed by atoms with van der Waals surface area (Å²) in [5.74, 6) is 0. The van der Waals surface area contributed by atoms with Crippen LogP contribution < -0.4 is 9.62 Å². The van der Waals surface area contributed by atoms with E-state index in [1.807, 2.05) is 12.1 Å². The molecule has 1 aliphatic heterocycles. The molecule has 1 aliphatic rings. The number of nitrogens with one attached hydrogen (secondary N) is 1. The van der Waals surface area contributed by atoms with Gasteiger partial charge in [0, 0.05) is 38.4 Å². The van der Waals surface area contributed by atoms with Crippen molar-refractivity contribution in [1.29, 1.82) is 0 Å². The zero-order valence-electron chi connectivity index (χ0n) is 11.5. The van der Waals surface area contributed by atoms with Crippen LogP contribution in [0.1, 0.15) is 5.56 Å². The number of rotatable bonds is 4. The van der Waals surface area contributed by atoms with E-state index in [1.165, 1.54) is 11.9 Å². The molecule has 1 heterocycles. The predicted molar refractivity (Wildman–Crippen MR) is 77.8 cm³/mol. The lowest BCUT2D eigenvalue weighted by Crippen LogP contribution is -2.44. The highest BCUT2D eigenvalue weighted by Crippen LogP contribution is 2.17. The molecule has 1 fully saturated rings. The van der Waals surface area contributed by atoms with Crippen LogP contribution in [0.25, 0.3) is 0 Å². The molecular weight excluding hydrogens is 262 g/mol. The lowest BCUT2D eigenvalue weighted by molar-refractivity contribution is 0.313. The van der Waals surface area contributed by atoms with E-state index in [9.17, 15) is 8.42 Å². The third-order valence-electron chi connectivity index (χ3n) is 3.34. The number of sulfonamides is 1. The maximum atomic E-state index is 11.0. The molecule has 5 nitrogen and oxygen atoms in total. The summed E-state index contributed by atoms with van der Waals surface area (Å²) in [5.41, 5.74) is 2.18. The molecule has 1 aromatic rings. The SMILES string of the molecule is CN1CCN(c2ccc(CNS(C)(=O)=O)cc2)CC1. The molecule has 1 aromatic carbocycles. The van der Waals surface area contributed by atoms with Gasteiger partial charge in [0.2, 0.25) is 10.0 Å². The number of piperazine rings is 1. The number of anilines is 1. The van der Waals surface area contributed by atoms with E-state index in [2.05, 4.69) is 33.7 Å². The first-order chi connectivity index (χ1) is 8.94. The third kappa shape index (κ3) is 4.49. The van der Waals surface area contributed by atoms with E-state index in [1.54, 1.807) is 0 Å². The molecule has 0 spiro atoms. The second-order valence-electron chi connectivity index (χ2n) is 5.05.